The van der Waals surface area contributed by atoms with E-state index in [4.69, 9.17) is 0 Å². The van der Waals surface area contributed by atoms with Gasteiger partial charge in [0.2, 0.25) is 0 Å². The van der Waals surface area contributed by atoms with Crippen LogP contribution in [0.5, 0.6) is 0 Å². The fourth-order valence-electron chi connectivity index (χ4n) is 10.6. The Hall–Kier alpha value is -7.02. The first-order chi connectivity index (χ1) is 28.1. The predicted octanol–water partition coefficient (Wildman–Crippen LogP) is 15.9. The van der Waals surface area contributed by atoms with Gasteiger partial charge in [-0.2, -0.15) is 0 Å². The van der Waals surface area contributed by atoms with E-state index in [9.17, 15) is 0 Å². The molecule has 0 bridgehead atoms. The normalized spacial score (nSPS) is 13.2. The van der Waals surface area contributed by atoms with E-state index in [2.05, 4.69) is 208 Å². The minimum Gasteiger partial charge on any atom is -0.0616 e. The van der Waals surface area contributed by atoms with Gasteiger partial charge in [-0.15, -0.1) is 0 Å². The van der Waals surface area contributed by atoms with Crippen LogP contribution >= 0.6 is 0 Å². The van der Waals surface area contributed by atoms with Crippen LogP contribution in [0.2, 0.25) is 0 Å². The van der Waals surface area contributed by atoms with Crippen molar-refractivity contribution in [1.82, 2.24) is 0 Å². The summed E-state index contributed by atoms with van der Waals surface area (Å²) in [4.78, 5) is 0. The molecule has 0 aliphatic heterocycles. The van der Waals surface area contributed by atoms with E-state index in [1.165, 1.54) is 120 Å². The number of hydrogen-bond donors (Lipinski definition) is 0. The van der Waals surface area contributed by atoms with E-state index in [1.54, 1.807) is 0 Å². The molecule has 0 unspecified atom stereocenters. The van der Waals surface area contributed by atoms with Crippen molar-refractivity contribution < 1.29 is 0 Å². The maximum atomic E-state index is 2.43. The minimum absolute atomic E-state index is 0.180. The first-order valence-electron chi connectivity index (χ1n) is 20.1. The highest BCUT2D eigenvalue weighted by Gasteiger charge is 2.40. The highest BCUT2D eigenvalue weighted by molar-refractivity contribution is 6.23. The van der Waals surface area contributed by atoms with E-state index >= 15 is 0 Å². The molecule has 11 aromatic carbocycles. The fraction of sp³-hybridized carbons (Fsp3) is 0.0526. The highest BCUT2D eigenvalue weighted by Crippen LogP contribution is 2.57. The quantitative estimate of drug-likeness (QED) is 0.126. The Balaban J connectivity index is 1.04. The lowest BCUT2D eigenvalue weighted by Crippen LogP contribution is -2.17. The highest BCUT2D eigenvalue weighted by atomic mass is 14.4. The van der Waals surface area contributed by atoms with Crippen LogP contribution < -0.4 is 0 Å². The molecular weight excluding hydrogens is 685 g/mol. The summed E-state index contributed by atoms with van der Waals surface area (Å²) in [5.74, 6) is 0. The van der Waals surface area contributed by atoms with E-state index in [0.717, 1.165) is 0 Å². The van der Waals surface area contributed by atoms with Crippen LogP contribution in [0.1, 0.15) is 25.0 Å². The zero-order valence-electron chi connectivity index (χ0n) is 32.0. The molecule has 0 saturated heterocycles. The summed E-state index contributed by atoms with van der Waals surface area (Å²) < 4.78 is 0. The molecule has 0 heterocycles. The first-order valence-corrected chi connectivity index (χ1v) is 20.1. The Labute approximate surface area is 332 Å². The van der Waals surface area contributed by atoms with Gasteiger partial charge in [-0.25, -0.2) is 0 Å². The van der Waals surface area contributed by atoms with Crippen LogP contribution in [0.15, 0.2) is 194 Å². The van der Waals surface area contributed by atoms with Crippen LogP contribution in [-0.4, -0.2) is 0 Å². The average Bonchev–Trinajstić information content (AvgIpc) is 3.52. The zero-order valence-corrected chi connectivity index (χ0v) is 32.0. The van der Waals surface area contributed by atoms with Gasteiger partial charge in [0.1, 0.15) is 0 Å². The molecule has 0 spiro atoms. The van der Waals surface area contributed by atoms with E-state index in [-0.39, 0.29) is 5.41 Å². The summed E-state index contributed by atoms with van der Waals surface area (Å²) in [5.41, 5.74) is 13.0. The van der Waals surface area contributed by atoms with E-state index < -0.39 is 0 Å². The van der Waals surface area contributed by atoms with Crippen molar-refractivity contribution in [3.63, 3.8) is 0 Å². The first kappa shape index (κ1) is 32.2. The van der Waals surface area contributed by atoms with Crippen molar-refractivity contribution in [3.05, 3.63) is 205 Å². The molecular formula is C57H38. The molecule has 266 valence electrons. The molecule has 1 aliphatic rings. The summed E-state index contributed by atoms with van der Waals surface area (Å²) in [6, 6.07) is 72.5. The molecule has 0 aromatic heterocycles. The van der Waals surface area contributed by atoms with Crippen LogP contribution in [0.25, 0.3) is 109 Å². The lowest BCUT2D eigenvalue weighted by molar-refractivity contribution is 0.668. The minimum atomic E-state index is -0.180. The zero-order chi connectivity index (χ0) is 37.8. The summed E-state index contributed by atoms with van der Waals surface area (Å²) in [7, 11) is 0. The molecule has 0 N–H and O–H groups in total. The number of benzene rings is 11. The third-order valence-corrected chi connectivity index (χ3v) is 13.0. The number of hydrogen-bond acceptors (Lipinski definition) is 0. The van der Waals surface area contributed by atoms with Gasteiger partial charge in [-0.1, -0.05) is 202 Å². The molecule has 0 saturated carbocycles. The molecule has 12 rings (SSSR count). The van der Waals surface area contributed by atoms with Gasteiger partial charge >= 0.3 is 0 Å². The second-order valence-corrected chi connectivity index (χ2v) is 16.3. The Morgan fingerprint density at radius 3 is 1.32 bits per heavy atom. The third kappa shape index (κ3) is 4.56. The Kier molecular flexibility index (Phi) is 6.78. The molecule has 57 heavy (non-hydrogen) atoms. The van der Waals surface area contributed by atoms with Gasteiger partial charge in [0.15, 0.2) is 0 Å². The summed E-state index contributed by atoms with van der Waals surface area (Å²) >= 11 is 0. The van der Waals surface area contributed by atoms with Crippen molar-refractivity contribution in [2.75, 3.05) is 0 Å². The maximum absolute atomic E-state index is 2.43. The molecule has 11 aromatic rings. The van der Waals surface area contributed by atoms with Crippen LogP contribution in [0.3, 0.4) is 0 Å². The van der Waals surface area contributed by atoms with Crippen molar-refractivity contribution >= 4 is 64.6 Å². The molecule has 0 nitrogen and oxygen atoms in total. The second-order valence-electron chi connectivity index (χ2n) is 16.3. The molecule has 0 amide bonds. The SMILES string of the molecule is CC1(C)c2c(-c3ccc(-c4c5ccccc5c(-c5ccc6ccc7ccccc7c6c5)c5ccccc45)cc3)cccc2-c2c1c1ccccc1c1ccccc21. The average molecular weight is 723 g/mol. The van der Waals surface area contributed by atoms with Crippen LogP contribution in [-0.2, 0) is 5.41 Å². The van der Waals surface area contributed by atoms with Crippen LogP contribution in [0, 0.1) is 0 Å². The van der Waals surface area contributed by atoms with E-state index in [1.807, 2.05) is 0 Å². The largest absolute Gasteiger partial charge is 0.0616 e. The van der Waals surface area contributed by atoms with Crippen molar-refractivity contribution in [2.24, 2.45) is 0 Å². The summed E-state index contributed by atoms with van der Waals surface area (Å²) in [6.45, 7) is 4.85. The molecule has 0 radical (unpaired) electrons. The van der Waals surface area contributed by atoms with Crippen molar-refractivity contribution in [2.45, 2.75) is 19.3 Å². The molecule has 1 aliphatic carbocycles. The van der Waals surface area contributed by atoms with Gasteiger partial charge in [-0.3, -0.25) is 0 Å². The Morgan fingerprint density at radius 2 is 0.684 bits per heavy atom. The van der Waals surface area contributed by atoms with Crippen LogP contribution in [0.4, 0.5) is 0 Å². The van der Waals surface area contributed by atoms with Gasteiger partial charge in [-0.05, 0) is 126 Å². The van der Waals surface area contributed by atoms with Crippen molar-refractivity contribution in [1.29, 1.82) is 0 Å². The second kappa shape index (κ2) is 12.0. The predicted molar refractivity (Wildman–Crippen MR) is 245 cm³/mol. The van der Waals surface area contributed by atoms with Gasteiger partial charge in [0.25, 0.3) is 0 Å². The maximum Gasteiger partial charge on any atom is 0.0171 e. The summed E-state index contributed by atoms with van der Waals surface area (Å²) in [6.07, 6.45) is 0. The van der Waals surface area contributed by atoms with E-state index in [0.29, 0.717) is 0 Å². The summed E-state index contributed by atoms with van der Waals surface area (Å²) in [5, 5.41) is 15.6. The van der Waals surface area contributed by atoms with Gasteiger partial charge < -0.3 is 0 Å². The number of rotatable bonds is 3. The van der Waals surface area contributed by atoms with Crippen molar-refractivity contribution in [3.8, 4) is 44.5 Å². The standard InChI is InChI=1S/C57H38/c1-57(2)55-41(24-13-25-50(55)54-44-18-7-5-16-42(44)43-17-6-12-23-49(43)56(54)57)36-28-31-38(32-29-36)52-45-19-8-10-21-47(45)53(48-22-11-9-20-46(48)52)39-33-30-37-27-26-35-14-3-4-15-40(35)51(37)34-39/h3-34H,1-2H3. The smallest absolute Gasteiger partial charge is 0.0171 e. The Bertz CT molecular complexity index is 3410. The van der Waals surface area contributed by atoms with Gasteiger partial charge in [0.05, 0.1) is 0 Å². The monoisotopic (exact) mass is 722 g/mol. The number of fused-ring (bicyclic) bond motifs is 13. The molecule has 0 fully saturated rings. The third-order valence-electron chi connectivity index (χ3n) is 13.0. The topological polar surface area (TPSA) is 0 Å². The molecule has 0 heteroatoms. The van der Waals surface area contributed by atoms with Gasteiger partial charge in [0, 0.05) is 5.41 Å². The molecule has 0 atom stereocenters. The lowest BCUT2D eigenvalue weighted by atomic mass is 9.76. The fourth-order valence-corrected chi connectivity index (χ4v) is 10.6. The lowest BCUT2D eigenvalue weighted by Gasteiger charge is -2.26. The Morgan fingerprint density at radius 1 is 0.263 bits per heavy atom.